The van der Waals surface area contributed by atoms with Gasteiger partial charge in [0.05, 0.1) is 11.3 Å². The minimum atomic E-state index is -4.58. The topological polar surface area (TPSA) is 82.9 Å². The Morgan fingerprint density at radius 1 is 1.00 bits per heavy atom. The van der Waals surface area contributed by atoms with Gasteiger partial charge in [0.25, 0.3) is 0 Å². The summed E-state index contributed by atoms with van der Waals surface area (Å²) < 4.78 is 40.1. The molecule has 3 aromatic rings. The van der Waals surface area contributed by atoms with Gasteiger partial charge in [-0.25, -0.2) is 4.98 Å². The van der Waals surface area contributed by atoms with Gasteiger partial charge in [0, 0.05) is 11.1 Å². The van der Waals surface area contributed by atoms with Crippen molar-refractivity contribution in [3.8, 4) is 34.2 Å². The van der Waals surface area contributed by atoms with Gasteiger partial charge in [-0.05, 0) is 42.0 Å². The highest BCUT2D eigenvalue weighted by molar-refractivity contribution is 5.82. The normalized spacial score (nSPS) is 11.2. The van der Waals surface area contributed by atoms with E-state index < -0.39 is 11.7 Å². The average molecular weight is 355 g/mol. The number of phenols is 1. The molecular formula is C19H12F3N3O. The van der Waals surface area contributed by atoms with Crippen molar-refractivity contribution in [3.05, 3.63) is 65.7 Å². The summed E-state index contributed by atoms with van der Waals surface area (Å²) in [5, 5.41) is 18.8. The number of aromatic hydroxyl groups is 1. The molecule has 0 atom stereocenters. The van der Waals surface area contributed by atoms with Gasteiger partial charge in [0.1, 0.15) is 23.2 Å². The summed E-state index contributed by atoms with van der Waals surface area (Å²) in [6, 6.07) is 14.2. The number of hydrogen-bond donors (Lipinski definition) is 2. The summed E-state index contributed by atoms with van der Waals surface area (Å²) in [6.45, 7) is 0. The number of anilines is 1. The van der Waals surface area contributed by atoms with Crippen molar-refractivity contribution in [2.45, 2.75) is 6.18 Å². The average Bonchev–Trinajstić information content (AvgIpc) is 2.61. The number of pyridine rings is 1. The minimum Gasteiger partial charge on any atom is -0.508 e. The maximum absolute atomic E-state index is 13.4. The zero-order chi connectivity index (χ0) is 18.9. The molecule has 7 heteroatoms. The predicted molar refractivity (Wildman–Crippen MR) is 90.9 cm³/mol. The number of phenolic OH excluding ortho intramolecular Hbond substituents is 1. The fourth-order valence-electron chi connectivity index (χ4n) is 2.64. The lowest BCUT2D eigenvalue weighted by Gasteiger charge is -2.15. The molecule has 0 aliphatic carbocycles. The van der Waals surface area contributed by atoms with Crippen LogP contribution < -0.4 is 5.73 Å². The van der Waals surface area contributed by atoms with Crippen molar-refractivity contribution >= 4 is 5.82 Å². The van der Waals surface area contributed by atoms with Crippen molar-refractivity contribution in [2.24, 2.45) is 0 Å². The van der Waals surface area contributed by atoms with Crippen molar-refractivity contribution in [1.82, 2.24) is 4.98 Å². The van der Waals surface area contributed by atoms with E-state index in [4.69, 9.17) is 5.73 Å². The van der Waals surface area contributed by atoms with Crippen LogP contribution in [0.1, 0.15) is 11.1 Å². The summed E-state index contributed by atoms with van der Waals surface area (Å²) in [7, 11) is 0. The third-order valence-electron chi connectivity index (χ3n) is 3.84. The van der Waals surface area contributed by atoms with Gasteiger partial charge in [-0.3, -0.25) is 0 Å². The second-order valence-corrected chi connectivity index (χ2v) is 5.52. The first kappa shape index (κ1) is 17.3. The van der Waals surface area contributed by atoms with E-state index in [1.165, 1.54) is 36.4 Å². The molecule has 2 aromatic carbocycles. The van der Waals surface area contributed by atoms with Crippen LogP contribution in [0.3, 0.4) is 0 Å². The van der Waals surface area contributed by atoms with E-state index in [0.717, 1.165) is 6.07 Å². The number of rotatable bonds is 2. The Bertz CT molecular complexity index is 1010. The molecule has 0 unspecified atom stereocenters. The Morgan fingerprint density at radius 3 is 2.27 bits per heavy atom. The van der Waals surface area contributed by atoms with E-state index in [1.807, 2.05) is 6.07 Å². The molecule has 0 radical (unpaired) electrons. The monoisotopic (exact) mass is 355 g/mol. The van der Waals surface area contributed by atoms with Crippen LogP contribution in [0.4, 0.5) is 19.0 Å². The van der Waals surface area contributed by atoms with Crippen molar-refractivity contribution in [1.29, 1.82) is 5.26 Å². The molecule has 3 N–H and O–H groups in total. The first-order chi connectivity index (χ1) is 12.3. The van der Waals surface area contributed by atoms with Crippen LogP contribution in [0.2, 0.25) is 0 Å². The SMILES string of the molecule is N#Cc1c(-c2ccccc2C(F)(F)F)cc(-c2ccc(O)cc2)nc1N. The Hall–Kier alpha value is -3.53. The van der Waals surface area contributed by atoms with Gasteiger partial charge in [-0.2, -0.15) is 18.4 Å². The fourth-order valence-corrected chi connectivity index (χ4v) is 2.64. The molecule has 3 rings (SSSR count). The van der Waals surface area contributed by atoms with Gasteiger partial charge in [0.2, 0.25) is 0 Å². The second-order valence-electron chi connectivity index (χ2n) is 5.52. The highest BCUT2D eigenvalue weighted by Crippen LogP contribution is 2.40. The third-order valence-corrected chi connectivity index (χ3v) is 3.84. The minimum absolute atomic E-state index is 0.0398. The molecule has 130 valence electrons. The number of nitrogen functional groups attached to an aromatic ring is 1. The Morgan fingerprint density at radius 2 is 1.65 bits per heavy atom. The summed E-state index contributed by atoms with van der Waals surface area (Å²) in [4.78, 5) is 4.11. The largest absolute Gasteiger partial charge is 0.508 e. The zero-order valence-electron chi connectivity index (χ0n) is 13.2. The number of aromatic nitrogens is 1. The van der Waals surface area contributed by atoms with Crippen molar-refractivity contribution < 1.29 is 18.3 Å². The zero-order valence-corrected chi connectivity index (χ0v) is 13.2. The van der Waals surface area contributed by atoms with Gasteiger partial charge < -0.3 is 10.8 Å². The number of benzene rings is 2. The van der Waals surface area contributed by atoms with Crippen molar-refractivity contribution in [3.63, 3.8) is 0 Å². The van der Waals surface area contributed by atoms with E-state index in [9.17, 15) is 23.5 Å². The van der Waals surface area contributed by atoms with Gasteiger partial charge in [-0.1, -0.05) is 18.2 Å². The maximum Gasteiger partial charge on any atom is 0.417 e. The summed E-state index contributed by atoms with van der Waals surface area (Å²) in [5.41, 5.74) is 5.60. The van der Waals surface area contributed by atoms with E-state index in [2.05, 4.69) is 4.98 Å². The molecule has 4 nitrogen and oxygen atoms in total. The second kappa shape index (κ2) is 6.41. The molecule has 1 heterocycles. The number of nitrogens with zero attached hydrogens (tertiary/aromatic N) is 2. The van der Waals surface area contributed by atoms with Crippen LogP contribution in [0.15, 0.2) is 54.6 Å². The summed E-state index contributed by atoms with van der Waals surface area (Å²) in [6.07, 6.45) is -4.58. The number of nitriles is 1. The first-order valence-corrected chi connectivity index (χ1v) is 7.48. The van der Waals surface area contributed by atoms with E-state index >= 15 is 0 Å². The Labute approximate surface area is 147 Å². The molecule has 0 amide bonds. The lowest BCUT2D eigenvalue weighted by molar-refractivity contribution is -0.137. The molecular weight excluding hydrogens is 343 g/mol. The van der Waals surface area contributed by atoms with E-state index in [0.29, 0.717) is 11.3 Å². The lowest BCUT2D eigenvalue weighted by Crippen LogP contribution is -2.08. The van der Waals surface area contributed by atoms with Crippen LogP contribution >= 0.6 is 0 Å². The molecule has 0 spiro atoms. The van der Waals surface area contributed by atoms with Gasteiger partial charge in [0.15, 0.2) is 0 Å². The van der Waals surface area contributed by atoms with Gasteiger partial charge in [-0.15, -0.1) is 0 Å². The summed E-state index contributed by atoms with van der Waals surface area (Å²) >= 11 is 0. The number of alkyl halides is 3. The summed E-state index contributed by atoms with van der Waals surface area (Å²) in [5.74, 6) is -0.122. The maximum atomic E-state index is 13.4. The molecule has 0 aliphatic rings. The molecule has 0 saturated heterocycles. The quantitative estimate of drug-likeness (QED) is 0.704. The fraction of sp³-hybridized carbons (Fsp3) is 0.0526. The van der Waals surface area contributed by atoms with Crippen LogP contribution in [-0.2, 0) is 6.18 Å². The van der Waals surface area contributed by atoms with Crippen LogP contribution in [-0.4, -0.2) is 10.1 Å². The van der Waals surface area contributed by atoms with Gasteiger partial charge >= 0.3 is 6.18 Å². The number of hydrogen-bond acceptors (Lipinski definition) is 4. The van der Waals surface area contributed by atoms with Crippen LogP contribution in [0.25, 0.3) is 22.4 Å². The molecule has 0 bridgehead atoms. The Kier molecular flexibility index (Phi) is 4.26. The highest BCUT2D eigenvalue weighted by atomic mass is 19.4. The first-order valence-electron chi connectivity index (χ1n) is 7.48. The third kappa shape index (κ3) is 3.17. The highest BCUT2D eigenvalue weighted by Gasteiger charge is 2.34. The number of nitrogens with two attached hydrogens (primary N) is 1. The molecule has 0 aliphatic heterocycles. The lowest BCUT2D eigenvalue weighted by atomic mass is 9.94. The molecule has 0 fully saturated rings. The number of halogens is 3. The molecule has 1 aromatic heterocycles. The molecule has 26 heavy (non-hydrogen) atoms. The Balaban J connectivity index is 2.28. The van der Waals surface area contributed by atoms with Crippen LogP contribution in [0.5, 0.6) is 5.75 Å². The van der Waals surface area contributed by atoms with Crippen molar-refractivity contribution in [2.75, 3.05) is 5.73 Å². The molecule has 0 saturated carbocycles. The van der Waals surface area contributed by atoms with E-state index in [1.54, 1.807) is 12.1 Å². The standard InChI is InChI=1S/C19H12F3N3O/c20-19(21,22)16-4-2-1-3-13(16)14-9-17(25-18(24)15(14)10-23)11-5-7-12(26)8-6-11/h1-9,26H,(H2,24,25). The van der Waals surface area contributed by atoms with Crippen LogP contribution in [0, 0.1) is 11.3 Å². The predicted octanol–water partition coefficient (Wildman–Crippen LogP) is 4.59. The van der Waals surface area contributed by atoms with E-state index in [-0.39, 0.29) is 28.3 Å². The smallest absolute Gasteiger partial charge is 0.417 e.